The number of aromatic nitrogens is 3. The third-order valence-electron chi connectivity index (χ3n) is 5.17. The molecule has 0 radical (unpaired) electrons. The standard InChI is InChI=1S/C22H33N5O2S/c1-5-12-26(13-16-6-7-16)20(28)15-30-21-25-24-19(27(21)23)14-29-18-10-8-17(9-11-18)22(2,3)4/h8-11,16H,5-7,12-15,23H2,1-4H3. The van der Waals surface area contributed by atoms with Gasteiger partial charge in [-0.15, -0.1) is 10.2 Å². The second-order valence-corrected chi connectivity index (χ2v) is 9.85. The lowest BCUT2D eigenvalue weighted by atomic mass is 9.87. The fourth-order valence-electron chi connectivity index (χ4n) is 3.12. The highest BCUT2D eigenvalue weighted by molar-refractivity contribution is 7.99. The molecule has 1 saturated carbocycles. The van der Waals surface area contributed by atoms with E-state index < -0.39 is 0 Å². The first-order valence-corrected chi connectivity index (χ1v) is 11.6. The molecule has 1 heterocycles. The van der Waals surface area contributed by atoms with E-state index in [1.54, 1.807) is 0 Å². The van der Waals surface area contributed by atoms with Gasteiger partial charge in [-0.05, 0) is 48.3 Å². The van der Waals surface area contributed by atoms with Crippen molar-refractivity contribution in [3.63, 3.8) is 0 Å². The number of hydrogen-bond acceptors (Lipinski definition) is 6. The number of amides is 1. The molecule has 1 fully saturated rings. The van der Waals surface area contributed by atoms with Crippen molar-refractivity contribution in [3.8, 4) is 5.75 Å². The van der Waals surface area contributed by atoms with Gasteiger partial charge >= 0.3 is 0 Å². The first-order chi connectivity index (χ1) is 14.3. The zero-order valence-corrected chi connectivity index (χ0v) is 19.2. The van der Waals surface area contributed by atoms with Gasteiger partial charge in [0.25, 0.3) is 0 Å². The van der Waals surface area contributed by atoms with E-state index in [2.05, 4.69) is 50.0 Å². The lowest BCUT2D eigenvalue weighted by Crippen LogP contribution is -2.35. The highest BCUT2D eigenvalue weighted by atomic mass is 32.2. The van der Waals surface area contributed by atoms with Crippen LogP contribution in [-0.4, -0.2) is 44.5 Å². The fourth-order valence-corrected chi connectivity index (χ4v) is 3.90. The number of carbonyl (C=O) groups is 1. The topological polar surface area (TPSA) is 86.3 Å². The van der Waals surface area contributed by atoms with Gasteiger partial charge in [-0.2, -0.15) is 0 Å². The number of carbonyl (C=O) groups excluding carboxylic acids is 1. The summed E-state index contributed by atoms with van der Waals surface area (Å²) in [5.74, 6) is 8.54. The Labute approximate surface area is 183 Å². The van der Waals surface area contributed by atoms with E-state index in [0.717, 1.165) is 25.3 Å². The van der Waals surface area contributed by atoms with Crippen LogP contribution in [0.25, 0.3) is 0 Å². The summed E-state index contributed by atoms with van der Waals surface area (Å²) in [6.45, 7) is 10.5. The van der Waals surface area contributed by atoms with Crippen LogP contribution in [-0.2, 0) is 16.8 Å². The van der Waals surface area contributed by atoms with Crippen LogP contribution in [0.5, 0.6) is 5.75 Å². The molecule has 1 amide bonds. The quantitative estimate of drug-likeness (QED) is 0.457. The van der Waals surface area contributed by atoms with Gasteiger partial charge in [-0.25, -0.2) is 4.68 Å². The van der Waals surface area contributed by atoms with Crippen LogP contribution >= 0.6 is 11.8 Å². The second kappa shape index (κ2) is 9.73. The maximum atomic E-state index is 12.6. The first-order valence-electron chi connectivity index (χ1n) is 10.6. The molecule has 2 N–H and O–H groups in total. The maximum absolute atomic E-state index is 12.6. The Hall–Kier alpha value is -2.22. The Morgan fingerprint density at radius 3 is 2.57 bits per heavy atom. The summed E-state index contributed by atoms with van der Waals surface area (Å²) in [4.78, 5) is 14.5. The van der Waals surface area contributed by atoms with Gasteiger partial charge in [0.2, 0.25) is 11.1 Å². The summed E-state index contributed by atoms with van der Waals surface area (Å²) in [7, 11) is 0. The summed E-state index contributed by atoms with van der Waals surface area (Å²) < 4.78 is 7.22. The predicted octanol–water partition coefficient (Wildman–Crippen LogP) is 3.61. The highest BCUT2D eigenvalue weighted by Gasteiger charge is 2.26. The van der Waals surface area contributed by atoms with E-state index in [1.807, 2.05) is 17.0 Å². The minimum atomic E-state index is 0.102. The van der Waals surface area contributed by atoms with Crippen molar-refractivity contribution in [1.29, 1.82) is 0 Å². The lowest BCUT2D eigenvalue weighted by molar-refractivity contribution is -0.128. The van der Waals surface area contributed by atoms with Crippen molar-refractivity contribution in [3.05, 3.63) is 35.7 Å². The fraction of sp³-hybridized carbons (Fsp3) is 0.591. The molecule has 1 aromatic carbocycles. The van der Waals surface area contributed by atoms with E-state index in [4.69, 9.17) is 10.6 Å². The highest BCUT2D eigenvalue weighted by Crippen LogP contribution is 2.30. The second-order valence-electron chi connectivity index (χ2n) is 8.90. The van der Waals surface area contributed by atoms with Crippen LogP contribution in [0.3, 0.4) is 0 Å². The number of nitrogens with zero attached hydrogens (tertiary/aromatic N) is 4. The summed E-state index contributed by atoms with van der Waals surface area (Å²) in [5, 5.41) is 8.77. The van der Waals surface area contributed by atoms with Crippen LogP contribution in [0.2, 0.25) is 0 Å². The van der Waals surface area contributed by atoms with E-state index in [9.17, 15) is 4.79 Å². The molecular weight excluding hydrogens is 398 g/mol. The number of hydrogen-bond donors (Lipinski definition) is 1. The predicted molar refractivity (Wildman–Crippen MR) is 120 cm³/mol. The minimum Gasteiger partial charge on any atom is -0.486 e. The molecule has 0 saturated heterocycles. The number of nitrogen functional groups attached to an aromatic ring is 1. The van der Waals surface area contributed by atoms with E-state index in [0.29, 0.717) is 22.7 Å². The summed E-state index contributed by atoms with van der Waals surface area (Å²) in [6, 6.07) is 8.04. The van der Waals surface area contributed by atoms with E-state index in [-0.39, 0.29) is 17.9 Å². The van der Waals surface area contributed by atoms with Crippen LogP contribution in [0.15, 0.2) is 29.4 Å². The Bertz CT molecular complexity index is 840. The zero-order valence-electron chi connectivity index (χ0n) is 18.4. The first kappa shape index (κ1) is 22.5. The average Bonchev–Trinajstić information content (AvgIpc) is 3.46. The molecule has 0 unspecified atom stereocenters. The van der Waals surface area contributed by atoms with Crippen molar-refractivity contribution < 1.29 is 9.53 Å². The molecule has 0 aliphatic heterocycles. The monoisotopic (exact) mass is 431 g/mol. The normalized spacial score (nSPS) is 14.0. The molecule has 30 heavy (non-hydrogen) atoms. The van der Waals surface area contributed by atoms with Crippen molar-refractivity contribution in [2.45, 2.75) is 64.1 Å². The van der Waals surface area contributed by atoms with E-state index >= 15 is 0 Å². The Balaban J connectivity index is 1.52. The van der Waals surface area contributed by atoms with Gasteiger partial charge in [0.15, 0.2) is 5.82 Å². The minimum absolute atomic E-state index is 0.102. The molecular formula is C22H33N5O2S. The summed E-state index contributed by atoms with van der Waals surface area (Å²) in [6.07, 6.45) is 3.44. The lowest BCUT2D eigenvalue weighted by Gasteiger charge is -2.21. The van der Waals surface area contributed by atoms with Gasteiger partial charge in [0.1, 0.15) is 12.4 Å². The molecule has 0 spiro atoms. The van der Waals surface area contributed by atoms with Gasteiger partial charge in [-0.1, -0.05) is 51.6 Å². The smallest absolute Gasteiger partial charge is 0.233 e. The molecule has 3 rings (SSSR count). The molecule has 0 atom stereocenters. The maximum Gasteiger partial charge on any atom is 0.233 e. The third-order valence-corrected chi connectivity index (χ3v) is 6.10. The zero-order chi connectivity index (χ0) is 21.7. The van der Waals surface area contributed by atoms with Crippen LogP contribution in [0.1, 0.15) is 58.3 Å². The number of benzene rings is 1. The molecule has 0 bridgehead atoms. The third kappa shape index (κ3) is 6.14. The van der Waals surface area contributed by atoms with Crippen molar-refractivity contribution >= 4 is 17.7 Å². The van der Waals surface area contributed by atoms with Gasteiger partial charge in [0, 0.05) is 13.1 Å². The average molecular weight is 432 g/mol. The number of thioether (sulfide) groups is 1. The molecule has 7 nitrogen and oxygen atoms in total. The van der Waals surface area contributed by atoms with Crippen LogP contribution in [0, 0.1) is 5.92 Å². The molecule has 164 valence electrons. The van der Waals surface area contributed by atoms with Crippen LogP contribution in [0.4, 0.5) is 0 Å². The largest absolute Gasteiger partial charge is 0.486 e. The molecule has 2 aromatic rings. The van der Waals surface area contributed by atoms with E-state index in [1.165, 1.54) is 34.8 Å². The Morgan fingerprint density at radius 1 is 1.27 bits per heavy atom. The summed E-state index contributed by atoms with van der Waals surface area (Å²) >= 11 is 1.32. The van der Waals surface area contributed by atoms with Crippen molar-refractivity contribution in [2.75, 3.05) is 24.7 Å². The van der Waals surface area contributed by atoms with Gasteiger partial charge in [-0.3, -0.25) is 4.79 Å². The Morgan fingerprint density at radius 2 is 1.97 bits per heavy atom. The number of nitrogens with two attached hydrogens (primary N) is 1. The number of ether oxygens (including phenoxy) is 1. The Kier molecular flexibility index (Phi) is 7.28. The van der Waals surface area contributed by atoms with Crippen LogP contribution < -0.4 is 10.6 Å². The van der Waals surface area contributed by atoms with Crippen molar-refractivity contribution in [1.82, 2.24) is 19.8 Å². The van der Waals surface area contributed by atoms with Gasteiger partial charge < -0.3 is 15.5 Å². The summed E-state index contributed by atoms with van der Waals surface area (Å²) in [5.41, 5.74) is 1.35. The van der Waals surface area contributed by atoms with Gasteiger partial charge in [0.05, 0.1) is 5.75 Å². The molecule has 1 aliphatic rings. The molecule has 8 heteroatoms. The number of rotatable bonds is 10. The SMILES string of the molecule is CCCN(CC1CC1)C(=O)CSc1nnc(COc2ccc(C(C)(C)C)cc2)n1N. The molecule has 1 aliphatic carbocycles. The van der Waals surface area contributed by atoms with Crippen molar-refractivity contribution in [2.24, 2.45) is 5.92 Å². The molecule has 1 aromatic heterocycles.